The zero-order chi connectivity index (χ0) is 20.8. The third kappa shape index (κ3) is 5.51. The Morgan fingerprint density at radius 1 is 1.17 bits per heavy atom. The Kier molecular flexibility index (Phi) is 6.77. The minimum absolute atomic E-state index is 0.421. The molecule has 0 radical (unpaired) electrons. The zero-order valence-corrected chi connectivity index (χ0v) is 17.5. The summed E-state index contributed by atoms with van der Waals surface area (Å²) in [6, 6.07) is 10.6. The molecule has 2 aromatic rings. The number of carbonyl (C=O) groups excluding carboxylic acids is 2. The van der Waals surface area contributed by atoms with Gasteiger partial charge in [0.25, 0.3) is 5.91 Å². The predicted molar refractivity (Wildman–Crippen MR) is 111 cm³/mol. The van der Waals surface area contributed by atoms with Gasteiger partial charge in [0, 0.05) is 16.2 Å². The van der Waals surface area contributed by atoms with Crippen LogP contribution in [0.3, 0.4) is 0 Å². The van der Waals surface area contributed by atoms with Gasteiger partial charge in [-0.15, -0.1) is 0 Å². The number of rotatable bonds is 6. The highest BCUT2D eigenvalue weighted by atomic mass is 79.9. The van der Waals surface area contributed by atoms with Crippen LogP contribution in [0.25, 0.3) is 6.08 Å². The van der Waals surface area contributed by atoms with E-state index >= 15 is 0 Å². The molecule has 1 heterocycles. The molecule has 29 heavy (non-hydrogen) atoms. The summed E-state index contributed by atoms with van der Waals surface area (Å²) in [4.78, 5) is 24.3. The van der Waals surface area contributed by atoms with Gasteiger partial charge in [-0.2, -0.15) is 0 Å². The van der Waals surface area contributed by atoms with Crippen molar-refractivity contribution in [1.29, 1.82) is 0 Å². The van der Waals surface area contributed by atoms with Gasteiger partial charge in [0.05, 0.1) is 7.11 Å². The number of ether oxygens (including phenoxy) is 4. The van der Waals surface area contributed by atoms with Gasteiger partial charge in [-0.3, -0.25) is 4.79 Å². The van der Waals surface area contributed by atoms with E-state index in [2.05, 4.69) is 21.2 Å². The van der Waals surface area contributed by atoms with Crippen molar-refractivity contribution in [3.05, 3.63) is 52.5 Å². The maximum absolute atomic E-state index is 12.2. The number of nitrogens with one attached hydrogen (secondary N) is 1. The number of fused-ring (bicyclic) bond motifs is 1. The molecule has 0 spiro atoms. The molecule has 0 saturated carbocycles. The summed E-state index contributed by atoms with van der Waals surface area (Å²) in [6.07, 6.45) is 1.85. The number of halogens is 1. The third-order valence-electron chi connectivity index (χ3n) is 4.04. The standard InChI is InChI=1S/C21H20BrNO6/c1-13(21(25)23-16-6-4-15(22)5-7-16)29-19(24)8-3-14-11-17(26-2)20-18(12-14)27-9-10-28-20/h3-8,11-13H,9-10H2,1-2H3,(H,23,25). The molecule has 0 aliphatic carbocycles. The highest BCUT2D eigenvalue weighted by Crippen LogP contribution is 2.40. The fourth-order valence-corrected chi connectivity index (χ4v) is 2.86. The van der Waals surface area contributed by atoms with E-state index in [4.69, 9.17) is 18.9 Å². The number of methoxy groups -OCH3 is 1. The molecule has 1 aliphatic rings. The van der Waals surface area contributed by atoms with Gasteiger partial charge in [0.1, 0.15) is 13.2 Å². The summed E-state index contributed by atoms with van der Waals surface area (Å²) in [7, 11) is 1.53. The number of benzene rings is 2. The highest BCUT2D eigenvalue weighted by molar-refractivity contribution is 9.10. The average molecular weight is 462 g/mol. The summed E-state index contributed by atoms with van der Waals surface area (Å²) in [6.45, 7) is 2.40. The molecule has 3 rings (SSSR count). The van der Waals surface area contributed by atoms with Crippen LogP contribution in [0.5, 0.6) is 17.2 Å². The molecule has 152 valence electrons. The van der Waals surface area contributed by atoms with Gasteiger partial charge < -0.3 is 24.3 Å². The van der Waals surface area contributed by atoms with Gasteiger partial charge in [0.2, 0.25) is 5.75 Å². The molecule has 1 unspecified atom stereocenters. The van der Waals surface area contributed by atoms with E-state index in [0.717, 1.165) is 4.47 Å². The smallest absolute Gasteiger partial charge is 0.331 e. The topological polar surface area (TPSA) is 83.1 Å². The van der Waals surface area contributed by atoms with Crippen molar-refractivity contribution >= 4 is 39.6 Å². The number of amides is 1. The minimum Gasteiger partial charge on any atom is -0.493 e. The predicted octanol–water partition coefficient (Wildman–Crippen LogP) is 3.81. The molecule has 1 amide bonds. The van der Waals surface area contributed by atoms with Crippen LogP contribution in [0.2, 0.25) is 0 Å². The minimum atomic E-state index is -0.953. The summed E-state index contributed by atoms with van der Waals surface area (Å²) >= 11 is 3.33. The molecule has 1 aliphatic heterocycles. The van der Waals surface area contributed by atoms with E-state index in [9.17, 15) is 9.59 Å². The fourth-order valence-electron chi connectivity index (χ4n) is 2.60. The SMILES string of the molecule is COc1cc(C=CC(=O)OC(C)C(=O)Nc2ccc(Br)cc2)cc2c1OCCO2. The molecule has 2 aromatic carbocycles. The lowest BCUT2D eigenvalue weighted by Crippen LogP contribution is -2.29. The first kappa shape index (κ1) is 20.7. The Labute approximate surface area is 176 Å². The van der Waals surface area contributed by atoms with Crippen molar-refractivity contribution in [2.24, 2.45) is 0 Å². The lowest BCUT2D eigenvalue weighted by Gasteiger charge is -2.20. The van der Waals surface area contributed by atoms with E-state index in [1.54, 1.807) is 42.5 Å². The Morgan fingerprint density at radius 3 is 2.62 bits per heavy atom. The normalized spacial score (nSPS) is 13.6. The summed E-state index contributed by atoms with van der Waals surface area (Å²) < 4.78 is 22.5. The maximum atomic E-state index is 12.2. The number of carbonyl (C=O) groups is 2. The lowest BCUT2D eigenvalue weighted by atomic mass is 10.1. The van der Waals surface area contributed by atoms with E-state index in [1.807, 2.05) is 0 Å². The quantitative estimate of drug-likeness (QED) is 0.520. The van der Waals surface area contributed by atoms with Crippen LogP contribution in [0, 0.1) is 0 Å². The molecule has 1 atom stereocenters. The van der Waals surface area contributed by atoms with Crippen LogP contribution in [-0.4, -0.2) is 38.3 Å². The zero-order valence-electron chi connectivity index (χ0n) is 15.9. The molecule has 0 bridgehead atoms. The fraction of sp³-hybridized carbons (Fsp3) is 0.238. The van der Waals surface area contributed by atoms with Gasteiger partial charge >= 0.3 is 5.97 Å². The Balaban J connectivity index is 1.60. The Hall–Kier alpha value is -3.00. The number of anilines is 1. The van der Waals surface area contributed by atoms with Crippen molar-refractivity contribution in [2.75, 3.05) is 25.6 Å². The molecule has 1 N–H and O–H groups in total. The van der Waals surface area contributed by atoms with E-state index in [0.29, 0.717) is 41.7 Å². The first-order chi connectivity index (χ1) is 14.0. The van der Waals surface area contributed by atoms with Gasteiger partial charge in [-0.05, 0) is 55.0 Å². The average Bonchev–Trinajstić information content (AvgIpc) is 2.73. The number of hydrogen-bond donors (Lipinski definition) is 1. The molecular weight excluding hydrogens is 442 g/mol. The van der Waals surface area contributed by atoms with Gasteiger partial charge in [0.15, 0.2) is 17.6 Å². The van der Waals surface area contributed by atoms with Crippen molar-refractivity contribution in [1.82, 2.24) is 0 Å². The van der Waals surface area contributed by atoms with E-state index in [-0.39, 0.29) is 0 Å². The molecular formula is C21H20BrNO6. The van der Waals surface area contributed by atoms with Crippen LogP contribution >= 0.6 is 15.9 Å². The maximum Gasteiger partial charge on any atom is 0.331 e. The van der Waals surface area contributed by atoms with Crippen LogP contribution in [0.4, 0.5) is 5.69 Å². The molecule has 7 nitrogen and oxygen atoms in total. The lowest BCUT2D eigenvalue weighted by molar-refractivity contribution is -0.148. The van der Waals surface area contributed by atoms with Crippen LogP contribution in [0.1, 0.15) is 12.5 Å². The summed E-state index contributed by atoms with van der Waals surface area (Å²) in [5.74, 6) is 0.535. The van der Waals surface area contributed by atoms with Crippen LogP contribution < -0.4 is 19.5 Å². The summed E-state index contributed by atoms with van der Waals surface area (Å²) in [5, 5.41) is 2.69. The molecule has 0 saturated heterocycles. The molecule has 0 aromatic heterocycles. The second-order valence-electron chi connectivity index (χ2n) is 6.16. The van der Waals surface area contributed by atoms with E-state index in [1.165, 1.54) is 20.1 Å². The third-order valence-corrected chi connectivity index (χ3v) is 4.56. The molecule has 8 heteroatoms. The first-order valence-corrected chi connectivity index (χ1v) is 9.68. The number of hydrogen-bond acceptors (Lipinski definition) is 6. The van der Waals surface area contributed by atoms with Crippen molar-refractivity contribution in [2.45, 2.75) is 13.0 Å². The highest BCUT2D eigenvalue weighted by Gasteiger charge is 2.19. The van der Waals surface area contributed by atoms with Gasteiger partial charge in [-0.1, -0.05) is 15.9 Å². The van der Waals surface area contributed by atoms with Crippen molar-refractivity contribution < 1.29 is 28.5 Å². The van der Waals surface area contributed by atoms with Crippen LogP contribution in [0.15, 0.2) is 46.9 Å². The molecule has 0 fully saturated rings. The Morgan fingerprint density at radius 2 is 1.90 bits per heavy atom. The van der Waals surface area contributed by atoms with Crippen LogP contribution in [-0.2, 0) is 14.3 Å². The second kappa shape index (κ2) is 9.47. The van der Waals surface area contributed by atoms with E-state index < -0.39 is 18.0 Å². The largest absolute Gasteiger partial charge is 0.493 e. The van der Waals surface area contributed by atoms with Crippen molar-refractivity contribution in [3.63, 3.8) is 0 Å². The van der Waals surface area contributed by atoms with Crippen molar-refractivity contribution in [3.8, 4) is 17.2 Å². The number of esters is 1. The second-order valence-corrected chi connectivity index (χ2v) is 7.07. The summed E-state index contributed by atoms with van der Waals surface area (Å²) in [5.41, 5.74) is 1.29. The van der Waals surface area contributed by atoms with Gasteiger partial charge in [-0.25, -0.2) is 4.79 Å². The Bertz CT molecular complexity index is 908. The monoisotopic (exact) mass is 461 g/mol. The first-order valence-electron chi connectivity index (χ1n) is 8.89.